The van der Waals surface area contributed by atoms with Crippen LogP contribution in [0.25, 0.3) is 5.57 Å². The molecule has 1 heterocycles. The topological polar surface area (TPSA) is 75.7 Å². The van der Waals surface area contributed by atoms with Crippen LogP contribution in [0.15, 0.2) is 30.3 Å². The van der Waals surface area contributed by atoms with E-state index < -0.39 is 16.1 Å². The van der Waals surface area contributed by atoms with Crippen LogP contribution < -0.4 is 4.72 Å². The molecule has 1 saturated heterocycles. The van der Waals surface area contributed by atoms with Gasteiger partial charge in [-0.05, 0) is 55.2 Å². The number of carbonyl (C=O) groups excluding carboxylic acids is 1. The maximum absolute atomic E-state index is 12.3. The summed E-state index contributed by atoms with van der Waals surface area (Å²) in [6.07, 6.45) is 8.49. The maximum atomic E-state index is 12.3. The van der Waals surface area contributed by atoms with Gasteiger partial charge in [0.1, 0.15) is 0 Å². The highest BCUT2D eigenvalue weighted by atomic mass is 32.2. The normalized spacial score (nSPS) is 23.2. The summed E-state index contributed by atoms with van der Waals surface area (Å²) in [5.74, 6) is 0. The van der Waals surface area contributed by atoms with Crippen molar-refractivity contribution in [1.29, 1.82) is 0 Å². The standard InChI is InChI=1S/C20H28N2O4S/c1-26-20(23)22-12-6-11-18(21-27(2,24)25)19(22)14-15-7-5-10-17(13-15)16-8-3-4-9-16/h5,7-8,10,13,18-19,21H,3-4,6,9,11-12,14H2,1-2H3/t18-,19-/m0/s1. The predicted octanol–water partition coefficient (Wildman–Crippen LogP) is 2.95. The summed E-state index contributed by atoms with van der Waals surface area (Å²) < 4.78 is 31.3. The van der Waals surface area contributed by atoms with Crippen LogP contribution in [0.1, 0.15) is 43.2 Å². The van der Waals surface area contributed by atoms with E-state index in [-0.39, 0.29) is 12.1 Å². The highest BCUT2D eigenvalue weighted by Crippen LogP contribution is 2.29. The zero-order valence-electron chi connectivity index (χ0n) is 16.0. The first-order chi connectivity index (χ1) is 12.9. The first-order valence-electron chi connectivity index (χ1n) is 9.47. The van der Waals surface area contributed by atoms with Gasteiger partial charge in [-0.3, -0.25) is 0 Å². The van der Waals surface area contributed by atoms with Gasteiger partial charge < -0.3 is 9.64 Å². The van der Waals surface area contributed by atoms with E-state index >= 15 is 0 Å². The Morgan fingerprint density at radius 2 is 2.15 bits per heavy atom. The number of piperidine rings is 1. The number of ether oxygens (including phenoxy) is 1. The largest absolute Gasteiger partial charge is 0.453 e. The molecule has 1 N–H and O–H groups in total. The van der Waals surface area contributed by atoms with Gasteiger partial charge in [-0.1, -0.05) is 30.3 Å². The highest BCUT2D eigenvalue weighted by Gasteiger charge is 2.36. The fourth-order valence-electron chi connectivity index (χ4n) is 4.14. The van der Waals surface area contributed by atoms with E-state index in [9.17, 15) is 13.2 Å². The Kier molecular flexibility index (Phi) is 6.22. The quantitative estimate of drug-likeness (QED) is 0.836. The van der Waals surface area contributed by atoms with Crippen molar-refractivity contribution in [3.63, 3.8) is 0 Å². The van der Waals surface area contributed by atoms with Gasteiger partial charge in [0.05, 0.1) is 19.4 Å². The summed E-state index contributed by atoms with van der Waals surface area (Å²) in [5, 5.41) is 0. The molecule has 1 fully saturated rings. The van der Waals surface area contributed by atoms with Crippen molar-refractivity contribution in [3.05, 3.63) is 41.5 Å². The molecular weight excluding hydrogens is 364 g/mol. The second-order valence-electron chi connectivity index (χ2n) is 7.40. The molecule has 27 heavy (non-hydrogen) atoms. The van der Waals surface area contributed by atoms with Gasteiger partial charge in [0.25, 0.3) is 0 Å². The van der Waals surface area contributed by atoms with Crippen LogP contribution in [0.2, 0.25) is 0 Å². The Labute approximate surface area is 161 Å². The van der Waals surface area contributed by atoms with Crippen molar-refractivity contribution >= 4 is 21.7 Å². The van der Waals surface area contributed by atoms with Crippen LogP contribution in [0.3, 0.4) is 0 Å². The van der Waals surface area contributed by atoms with Crippen LogP contribution in [0.4, 0.5) is 4.79 Å². The minimum atomic E-state index is -3.36. The lowest BCUT2D eigenvalue weighted by molar-refractivity contribution is 0.0792. The Morgan fingerprint density at radius 3 is 2.81 bits per heavy atom. The third-order valence-electron chi connectivity index (χ3n) is 5.34. The van der Waals surface area contributed by atoms with Crippen molar-refractivity contribution in [2.75, 3.05) is 19.9 Å². The number of methoxy groups -OCH3 is 1. The molecule has 1 aliphatic heterocycles. The van der Waals surface area contributed by atoms with E-state index in [0.717, 1.165) is 31.1 Å². The summed E-state index contributed by atoms with van der Waals surface area (Å²) in [7, 11) is -2.00. The number of nitrogens with one attached hydrogen (secondary N) is 1. The molecule has 0 unspecified atom stereocenters. The van der Waals surface area contributed by atoms with E-state index in [1.807, 2.05) is 12.1 Å². The second-order valence-corrected chi connectivity index (χ2v) is 9.18. The van der Waals surface area contributed by atoms with E-state index in [2.05, 4.69) is 22.9 Å². The van der Waals surface area contributed by atoms with Crippen molar-refractivity contribution in [1.82, 2.24) is 9.62 Å². The number of benzene rings is 1. The first-order valence-corrected chi connectivity index (χ1v) is 11.4. The molecule has 6 nitrogen and oxygen atoms in total. The lowest BCUT2D eigenvalue weighted by Crippen LogP contribution is -2.57. The number of nitrogens with zero attached hydrogens (tertiary/aromatic N) is 1. The molecule has 1 aromatic rings. The number of carbonyl (C=O) groups is 1. The van der Waals surface area contributed by atoms with Gasteiger partial charge in [0.2, 0.25) is 10.0 Å². The van der Waals surface area contributed by atoms with Crippen molar-refractivity contribution in [3.8, 4) is 0 Å². The van der Waals surface area contributed by atoms with E-state index in [0.29, 0.717) is 19.4 Å². The predicted molar refractivity (Wildman–Crippen MR) is 106 cm³/mol. The fourth-order valence-corrected chi connectivity index (χ4v) is 4.96. The lowest BCUT2D eigenvalue weighted by Gasteiger charge is -2.40. The number of hydrogen-bond donors (Lipinski definition) is 1. The molecule has 148 valence electrons. The number of hydrogen-bond acceptors (Lipinski definition) is 4. The third-order valence-corrected chi connectivity index (χ3v) is 6.07. The number of amides is 1. The van der Waals surface area contributed by atoms with Crippen LogP contribution in [0.5, 0.6) is 0 Å². The molecule has 0 aromatic heterocycles. The first kappa shape index (κ1) is 19.9. The van der Waals surface area contributed by atoms with Gasteiger partial charge in [-0.15, -0.1) is 0 Å². The molecule has 2 aliphatic rings. The average molecular weight is 393 g/mol. The number of sulfonamides is 1. The molecule has 7 heteroatoms. The van der Waals surface area contributed by atoms with Crippen molar-refractivity contribution in [2.24, 2.45) is 0 Å². The summed E-state index contributed by atoms with van der Waals surface area (Å²) in [5.41, 5.74) is 3.69. The summed E-state index contributed by atoms with van der Waals surface area (Å²) in [6.45, 7) is 0.574. The van der Waals surface area contributed by atoms with E-state index in [1.165, 1.54) is 24.7 Å². The Morgan fingerprint density at radius 1 is 1.33 bits per heavy atom. The van der Waals surface area contributed by atoms with Crippen LogP contribution in [-0.2, 0) is 21.2 Å². The minimum Gasteiger partial charge on any atom is -0.453 e. The van der Waals surface area contributed by atoms with Crippen LogP contribution in [-0.4, -0.2) is 51.4 Å². The Balaban J connectivity index is 1.86. The zero-order valence-corrected chi connectivity index (χ0v) is 16.8. The maximum Gasteiger partial charge on any atom is 0.409 e. The Hall–Kier alpha value is -1.86. The molecule has 1 aliphatic carbocycles. The summed E-state index contributed by atoms with van der Waals surface area (Å²) >= 11 is 0. The molecular formula is C20H28N2O4S. The lowest BCUT2D eigenvalue weighted by atomic mass is 9.90. The fraction of sp³-hybridized carbons (Fsp3) is 0.550. The number of allylic oxidation sites excluding steroid dienone is 2. The van der Waals surface area contributed by atoms with Crippen LogP contribution >= 0.6 is 0 Å². The average Bonchev–Trinajstić information content (AvgIpc) is 3.16. The smallest absolute Gasteiger partial charge is 0.409 e. The Bertz CT molecular complexity index is 819. The third kappa shape index (κ3) is 5.11. The monoisotopic (exact) mass is 392 g/mol. The van der Waals surface area contributed by atoms with E-state index in [4.69, 9.17) is 4.74 Å². The van der Waals surface area contributed by atoms with Crippen molar-refractivity contribution in [2.45, 2.75) is 50.6 Å². The molecule has 1 amide bonds. The van der Waals surface area contributed by atoms with Crippen molar-refractivity contribution < 1.29 is 17.9 Å². The highest BCUT2D eigenvalue weighted by molar-refractivity contribution is 7.88. The van der Waals surface area contributed by atoms with Gasteiger partial charge in [0.15, 0.2) is 0 Å². The molecule has 1 aromatic carbocycles. The van der Waals surface area contributed by atoms with Crippen LogP contribution in [0, 0.1) is 0 Å². The van der Waals surface area contributed by atoms with Gasteiger partial charge in [0, 0.05) is 12.6 Å². The minimum absolute atomic E-state index is 0.270. The number of rotatable bonds is 5. The molecule has 0 bridgehead atoms. The summed E-state index contributed by atoms with van der Waals surface area (Å²) in [6, 6.07) is 7.77. The molecule has 0 spiro atoms. The van der Waals surface area contributed by atoms with Gasteiger partial charge in [-0.25, -0.2) is 17.9 Å². The van der Waals surface area contributed by atoms with Gasteiger partial charge >= 0.3 is 6.09 Å². The molecule has 3 rings (SSSR count). The zero-order chi connectivity index (χ0) is 19.4. The molecule has 0 radical (unpaired) electrons. The summed E-state index contributed by atoms with van der Waals surface area (Å²) in [4.78, 5) is 13.9. The number of likely N-dealkylation sites (tertiary alicyclic amines) is 1. The van der Waals surface area contributed by atoms with Gasteiger partial charge in [-0.2, -0.15) is 0 Å². The molecule has 2 atom stereocenters. The second kappa shape index (κ2) is 8.44. The molecule has 0 saturated carbocycles. The van der Waals surface area contributed by atoms with E-state index in [1.54, 1.807) is 4.90 Å². The SMILES string of the molecule is COC(=O)N1CCC[C@H](NS(C)(=O)=O)[C@@H]1Cc1cccc(C2=CCCC2)c1.